The van der Waals surface area contributed by atoms with Crippen LogP contribution in [0, 0.1) is 0 Å². The molecule has 0 radical (unpaired) electrons. The summed E-state index contributed by atoms with van der Waals surface area (Å²) in [6.45, 7) is 1.81. The molecule has 2 rings (SSSR count). The van der Waals surface area contributed by atoms with E-state index in [-0.39, 0.29) is 24.2 Å². The normalized spacial score (nSPS) is 12.4. The lowest BCUT2D eigenvalue weighted by atomic mass is 10.3. The van der Waals surface area contributed by atoms with Crippen LogP contribution in [0.2, 0.25) is 5.02 Å². The smallest absolute Gasteiger partial charge is 0.287 e. The lowest BCUT2D eigenvalue weighted by molar-refractivity contribution is 0.266. The number of aromatic nitrogens is 5. The van der Waals surface area contributed by atoms with Gasteiger partial charge in [0, 0.05) is 7.05 Å². The van der Waals surface area contributed by atoms with E-state index in [1.807, 2.05) is 14.0 Å². The molecule has 0 saturated heterocycles. The average molecular weight is 299 g/mol. The third-order valence-corrected chi connectivity index (χ3v) is 3.17. The van der Waals surface area contributed by atoms with Gasteiger partial charge in [-0.05, 0) is 6.92 Å². The highest BCUT2D eigenvalue weighted by molar-refractivity contribution is 6.32. The molecule has 1 unspecified atom stereocenters. The largest absolute Gasteiger partial charge is 0.394 e. The van der Waals surface area contributed by atoms with Crippen LogP contribution in [0.15, 0.2) is 17.3 Å². The van der Waals surface area contributed by atoms with Crippen LogP contribution in [0.25, 0.3) is 0 Å². The summed E-state index contributed by atoms with van der Waals surface area (Å²) in [4.78, 5) is 11.9. The number of halogens is 1. The maximum Gasteiger partial charge on any atom is 0.287 e. The van der Waals surface area contributed by atoms with Gasteiger partial charge >= 0.3 is 0 Å². The van der Waals surface area contributed by atoms with E-state index < -0.39 is 5.56 Å². The molecule has 0 aromatic carbocycles. The second kappa shape index (κ2) is 6.02. The summed E-state index contributed by atoms with van der Waals surface area (Å²) in [5, 5.41) is 23.6. The number of nitrogens with zero attached hydrogens (tertiary/aromatic N) is 5. The Morgan fingerprint density at radius 2 is 2.30 bits per heavy atom. The Hall–Kier alpha value is -1.93. The summed E-state index contributed by atoms with van der Waals surface area (Å²) in [6, 6.07) is -0.185. The first-order valence-corrected chi connectivity index (χ1v) is 6.39. The van der Waals surface area contributed by atoms with E-state index in [0.29, 0.717) is 11.5 Å². The van der Waals surface area contributed by atoms with Crippen LogP contribution in [0.3, 0.4) is 0 Å². The van der Waals surface area contributed by atoms with Gasteiger partial charge in [0.1, 0.15) is 11.3 Å². The van der Waals surface area contributed by atoms with Crippen molar-refractivity contribution < 1.29 is 5.11 Å². The minimum Gasteiger partial charge on any atom is -0.394 e. The fourth-order valence-corrected chi connectivity index (χ4v) is 2.00. The Balaban J connectivity index is 2.24. The molecule has 0 saturated carbocycles. The summed E-state index contributed by atoms with van der Waals surface area (Å²) in [5.41, 5.74) is -0.0303. The van der Waals surface area contributed by atoms with Gasteiger partial charge in [-0.2, -0.15) is 5.10 Å². The van der Waals surface area contributed by atoms with Crippen LogP contribution in [0.4, 0.5) is 5.69 Å². The fraction of sp³-hybridized carbons (Fsp3) is 0.455. The summed E-state index contributed by atoms with van der Waals surface area (Å²) in [6.07, 6.45) is 3.04. The summed E-state index contributed by atoms with van der Waals surface area (Å²) >= 11 is 6.02. The van der Waals surface area contributed by atoms with Gasteiger partial charge in [0.25, 0.3) is 5.56 Å². The van der Waals surface area contributed by atoms with Crippen molar-refractivity contribution in [3.05, 3.63) is 33.7 Å². The van der Waals surface area contributed by atoms with Gasteiger partial charge in [-0.3, -0.25) is 4.79 Å². The highest BCUT2D eigenvalue weighted by Gasteiger charge is 2.15. The molecule has 2 N–H and O–H groups in total. The molecule has 108 valence electrons. The number of anilines is 1. The highest BCUT2D eigenvalue weighted by atomic mass is 35.5. The van der Waals surface area contributed by atoms with Crippen LogP contribution in [-0.2, 0) is 13.6 Å². The third kappa shape index (κ3) is 2.81. The molecule has 0 fully saturated rings. The van der Waals surface area contributed by atoms with Gasteiger partial charge < -0.3 is 15.0 Å². The van der Waals surface area contributed by atoms with Gasteiger partial charge in [0.05, 0.1) is 31.1 Å². The Labute approximate surface area is 120 Å². The number of aliphatic hydroxyl groups excluding tert-OH is 1. The van der Waals surface area contributed by atoms with Gasteiger partial charge in [0.15, 0.2) is 5.82 Å². The van der Waals surface area contributed by atoms with Gasteiger partial charge in [-0.1, -0.05) is 11.6 Å². The van der Waals surface area contributed by atoms with Crippen molar-refractivity contribution in [2.75, 3.05) is 11.9 Å². The molecule has 0 aliphatic rings. The predicted octanol–water partition coefficient (Wildman–Crippen LogP) is 0.191. The van der Waals surface area contributed by atoms with E-state index >= 15 is 0 Å². The van der Waals surface area contributed by atoms with E-state index in [9.17, 15) is 4.79 Å². The van der Waals surface area contributed by atoms with Crippen molar-refractivity contribution >= 4 is 17.3 Å². The first-order valence-electron chi connectivity index (χ1n) is 6.01. The molecule has 2 heterocycles. The van der Waals surface area contributed by atoms with Gasteiger partial charge in [-0.25, -0.2) is 4.68 Å². The zero-order valence-electron chi connectivity index (χ0n) is 11.1. The van der Waals surface area contributed by atoms with E-state index in [1.54, 1.807) is 10.9 Å². The minimum atomic E-state index is -0.448. The maximum atomic E-state index is 11.9. The molecule has 0 aliphatic carbocycles. The van der Waals surface area contributed by atoms with Crippen molar-refractivity contribution in [1.29, 1.82) is 0 Å². The zero-order valence-corrected chi connectivity index (χ0v) is 11.9. The van der Waals surface area contributed by atoms with E-state index in [2.05, 4.69) is 20.6 Å². The first-order chi connectivity index (χ1) is 9.54. The van der Waals surface area contributed by atoms with Gasteiger partial charge in [0.2, 0.25) is 0 Å². The predicted molar refractivity (Wildman–Crippen MR) is 73.6 cm³/mol. The Morgan fingerprint density at radius 1 is 1.55 bits per heavy atom. The Kier molecular flexibility index (Phi) is 4.35. The quantitative estimate of drug-likeness (QED) is 0.818. The summed E-state index contributed by atoms with van der Waals surface area (Å²) in [7, 11) is 1.83. The Bertz CT molecular complexity index is 653. The average Bonchev–Trinajstić information content (AvgIpc) is 2.85. The molecule has 1 atom stereocenters. The zero-order chi connectivity index (χ0) is 14.7. The second-order valence-corrected chi connectivity index (χ2v) is 4.67. The molecular weight excluding hydrogens is 284 g/mol. The summed E-state index contributed by atoms with van der Waals surface area (Å²) in [5.74, 6) is 0.709. The van der Waals surface area contributed by atoms with Crippen LogP contribution in [0.5, 0.6) is 0 Å². The SMILES string of the molecule is CC(Nc1cnn(CCO)c(=O)c1Cl)c1nncn1C. The van der Waals surface area contributed by atoms with E-state index in [1.165, 1.54) is 6.20 Å². The topological polar surface area (TPSA) is 97.9 Å². The molecular formula is C11H15ClN6O2. The number of aryl methyl sites for hydroxylation is 1. The van der Waals surface area contributed by atoms with E-state index in [4.69, 9.17) is 16.7 Å². The maximum absolute atomic E-state index is 11.9. The molecule has 0 amide bonds. The van der Waals surface area contributed by atoms with Crippen molar-refractivity contribution in [2.45, 2.75) is 19.5 Å². The fourth-order valence-electron chi connectivity index (χ4n) is 1.80. The van der Waals surface area contributed by atoms with Crippen molar-refractivity contribution in [3.8, 4) is 0 Å². The molecule has 9 heteroatoms. The molecule has 2 aromatic heterocycles. The Morgan fingerprint density at radius 3 is 2.90 bits per heavy atom. The molecule has 0 aliphatic heterocycles. The number of nitrogens with one attached hydrogen (secondary N) is 1. The molecule has 0 spiro atoms. The minimum absolute atomic E-state index is 0.0301. The van der Waals surface area contributed by atoms with E-state index in [0.717, 1.165) is 4.68 Å². The van der Waals surface area contributed by atoms with Crippen molar-refractivity contribution in [2.24, 2.45) is 7.05 Å². The molecule has 0 bridgehead atoms. The lowest BCUT2D eigenvalue weighted by Gasteiger charge is -2.15. The van der Waals surface area contributed by atoms with Crippen LogP contribution < -0.4 is 10.9 Å². The first kappa shape index (κ1) is 14.5. The lowest BCUT2D eigenvalue weighted by Crippen LogP contribution is -2.26. The number of rotatable bonds is 5. The highest BCUT2D eigenvalue weighted by Crippen LogP contribution is 2.21. The number of hydrogen-bond acceptors (Lipinski definition) is 6. The van der Waals surface area contributed by atoms with Crippen LogP contribution in [0.1, 0.15) is 18.8 Å². The third-order valence-electron chi connectivity index (χ3n) is 2.80. The van der Waals surface area contributed by atoms with Crippen LogP contribution in [-0.4, -0.2) is 36.3 Å². The molecule has 8 nitrogen and oxygen atoms in total. The van der Waals surface area contributed by atoms with Crippen LogP contribution >= 0.6 is 11.6 Å². The van der Waals surface area contributed by atoms with Crippen molar-refractivity contribution in [3.63, 3.8) is 0 Å². The second-order valence-electron chi connectivity index (χ2n) is 4.29. The number of aliphatic hydroxyl groups is 1. The molecule has 20 heavy (non-hydrogen) atoms. The number of hydrogen-bond donors (Lipinski definition) is 2. The van der Waals surface area contributed by atoms with Crippen molar-refractivity contribution in [1.82, 2.24) is 24.5 Å². The standard InChI is InChI=1S/C11H15ClN6O2/c1-7(10-16-13-6-17(10)2)15-8-5-14-18(3-4-19)11(20)9(8)12/h5-7,15,19H,3-4H2,1-2H3. The van der Waals surface area contributed by atoms with Gasteiger partial charge in [-0.15, -0.1) is 10.2 Å². The molecule has 2 aromatic rings. The monoisotopic (exact) mass is 298 g/mol. The summed E-state index contributed by atoms with van der Waals surface area (Å²) < 4.78 is 2.88.